The van der Waals surface area contributed by atoms with Crippen LogP contribution >= 0.6 is 0 Å². The quantitative estimate of drug-likeness (QED) is 0.724. The Labute approximate surface area is 169 Å². The molecule has 0 spiro atoms. The van der Waals surface area contributed by atoms with E-state index in [4.69, 9.17) is 4.74 Å². The van der Waals surface area contributed by atoms with Crippen molar-refractivity contribution in [1.29, 1.82) is 0 Å². The Morgan fingerprint density at radius 3 is 2.55 bits per heavy atom. The molecule has 7 nitrogen and oxygen atoms in total. The van der Waals surface area contributed by atoms with Gasteiger partial charge in [-0.3, -0.25) is 9.59 Å². The largest absolute Gasteiger partial charge is 0.497 e. The van der Waals surface area contributed by atoms with Gasteiger partial charge in [0.1, 0.15) is 11.6 Å². The maximum atomic E-state index is 12.7. The molecule has 2 heterocycles. The first-order valence-electron chi connectivity index (χ1n) is 9.79. The first-order chi connectivity index (χ1) is 14.1. The van der Waals surface area contributed by atoms with Crippen molar-refractivity contribution < 1.29 is 14.3 Å². The number of imidazole rings is 1. The summed E-state index contributed by atoms with van der Waals surface area (Å²) in [7, 11) is 1.58. The maximum Gasteiger partial charge on any atom is 0.254 e. The topological polar surface area (TPSA) is 78.5 Å². The van der Waals surface area contributed by atoms with Gasteiger partial charge in [0.15, 0.2) is 0 Å². The molecule has 1 N–H and O–H groups in total. The number of H-pyrrole nitrogens is 1. The number of carbonyl (C=O) groups excluding carboxylic acids is 2. The number of nitrogens with zero attached hydrogens (tertiary/aromatic N) is 3. The summed E-state index contributed by atoms with van der Waals surface area (Å²) in [5.74, 6) is 1.55. The van der Waals surface area contributed by atoms with Crippen LogP contribution in [0.4, 0.5) is 0 Å². The van der Waals surface area contributed by atoms with E-state index in [0.29, 0.717) is 50.3 Å². The number of carbonyl (C=O) groups is 2. The second kappa shape index (κ2) is 8.34. The number of rotatable bonds is 5. The van der Waals surface area contributed by atoms with Crippen LogP contribution in [0, 0.1) is 0 Å². The van der Waals surface area contributed by atoms with Crippen LogP contribution in [-0.4, -0.2) is 64.9 Å². The van der Waals surface area contributed by atoms with Crippen molar-refractivity contribution in [3.8, 4) is 5.75 Å². The zero-order valence-electron chi connectivity index (χ0n) is 16.4. The van der Waals surface area contributed by atoms with Crippen molar-refractivity contribution in [3.63, 3.8) is 0 Å². The lowest BCUT2D eigenvalue weighted by molar-refractivity contribution is -0.132. The molecule has 0 saturated carbocycles. The SMILES string of the molecule is COc1cccc(C(=O)N2CCN(C(=O)CCc3nc4ccccc4[nH]3)CC2)c1. The summed E-state index contributed by atoms with van der Waals surface area (Å²) in [4.78, 5) is 36.7. The number of hydrogen-bond donors (Lipinski definition) is 1. The molecule has 3 aromatic rings. The summed E-state index contributed by atoms with van der Waals surface area (Å²) in [6.07, 6.45) is 0.986. The highest BCUT2D eigenvalue weighted by molar-refractivity contribution is 5.94. The number of nitrogens with one attached hydrogen (secondary N) is 1. The number of aromatic amines is 1. The van der Waals surface area contributed by atoms with Crippen LogP contribution in [0.5, 0.6) is 5.75 Å². The van der Waals surface area contributed by atoms with Gasteiger partial charge in [0, 0.05) is 44.6 Å². The lowest BCUT2D eigenvalue weighted by Gasteiger charge is -2.35. The monoisotopic (exact) mass is 392 g/mol. The molecule has 1 saturated heterocycles. The first-order valence-corrected chi connectivity index (χ1v) is 9.79. The Morgan fingerprint density at radius 2 is 1.79 bits per heavy atom. The molecule has 0 atom stereocenters. The highest BCUT2D eigenvalue weighted by Gasteiger charge is 2.25. The van der Waals surface area contributed by atoms with E-state index < -0.39 is 0 Å². The number of ether oxygens (including phenoxy) is 1. The van der Waals surface area contributed by atoms with Crippen molar-refractivity contribution in [2.45, 2.75) is 12.8 Å². The molecule has 0 aliphatic carbocycles. The molecular formula is C22H24N4O3. The zero-order valence-corrected chi connectivity index (χ0v) is 16.4. The van der Waals surface area contributed by atoms with Crippen LogP contribution in [0.3, 0.4) is 0 Å². The summed E-state index contributed by atoms with van der Waals surface area (Å²) >= 11 is 0. The predicted molar refractivity (Wildman–Crippen MR) is 110 cm³/mol. The van der Waals surface area contributed by atoms with Crippen LogP contribution < -0.4 is 4.74 Å². The van der Waals surface area contributed by atoms with Crippen molar-refractivity contribution >= 4 is 22.8 Å². The summed E-state index contributed by atoms with van der Waals surface area (Å²) in [5.41, 5.74) is 2.51. The lowest BCUT2D eigenvalue weighted by atomic mass is 10.1. The Bertz CT molecular complexity index is 989. The highest BCUT2D eigenvalue weighted by atomic mass is 16.5. The van der Waals surface area contributed by atoms with E-state index in [1.165, 1.54) is 0 Å². The fourth-order valence-electron chi connectivity index (χ4n) is 3.61. The van der Waals surface area contributed by atoms with E-state index in [2.05, 4.69) is 9.97 Å². The Balaban J connectivity index is 1.29. The molecule has 1 aromatic heterocycles. The van der Waals surface area contributed by atoms with Gasteiger partial charge >= 0.3 is 0 Å². The Kier molecular flexibility index (Phi) is 5.46. The van der Waals surface area contributed by atoms with Crippen molar-refractivity contribution in [2.24, 2.45) is 0 Å². The second-order valence-electron chi connectivity index (χ2n) is 7.11. The van der Waals surface area contributed by atoms with Gasteiger partial charge in [0.25, 0.3) is 5.91 Å². The van der Waals surface area contributed by atoms with Gasteiger partial charge in [-0.15, -0.1) is 0 Å². The van der Waals surface area contributed by atoms with Crippen LogP contribution in [0.1, 0.15) is 22.6 Å². The van der Waals surface area contributed by atoms with E-state index in [1.54, 1.807) is 24.1 Å². The summed E-state index contributed by atoms with van der Waals surface area (Å²) in [6.45, 7) is 2.17. The number of methoxy groups -OCH3 is 1. The van der Waals surface area contributed by atoms with Gasteiger partial charge in [0.05, 0.1) is 18.1 Å². The molecule has 0 radical (unpaired) electrons. The third-order valence-electron chi connectivity index (χ3n) is 5.25. The minimum absolute atomic E-state index is 0.0294. The number of fused-ring (bicyclic) bond motifs is 1. The highest BCUT2D eigenvalue weighted by Crippen LogP contribution is 2.16. The van der Waals surface area contributed by atoms with Gasteiger partial charge in [-0.2, -0.15) is 0 Å². The minimum Gasteiger partial charge on any atom is -0.497 e. The molecule has 0 unspecified atom stereocenters. The Morgan fingerprint density at radius 1 is 1.03 bits per heavy atom. The summed E-state index contributed by atoms with van der Waals surface area (Å²) in [5, 5.41) is 0. The lowest BCUT2D eigenvalue weighted by Crippen LogP contribution is -2.50. The minimum atomic E-state index is -0.0294. The normalized spacial score (nSPS) is 14.2. The standard InChI is InChI=1S/C22H24N4O3/c1-29-17-6-4-5-16(15-17)22(28)26-13-11-25(12-14-26)21(27)10-9-20-23-18-7-2-3-8-19(18)24-20/h2-8,15H,9-14H2,1H3,(H,23,24). The van der Waals surface area contributed by atoms with Crippen LogP contribution in [0.25, 0.3) is 11.0 Å². The van der Waals surface area contributed by atoms with Crippen LogP contribution in [-0.2, 0) is 11.2 Å². The Hall–Kier alpha value is -3.35. The van der Waals surface area contributed by atoms with E-state index in [9.17, 15) is 9.59 Å². The summed E-state index contributed by atoms with van der Waals surface area (Å²) in [6, 6.07) is 15.0. The van der Waals surface area contributed by atoms with Gasteiger partial charge < -0.3 is 19.5 Å². The van der Waals surface area contributed by atoms with Crippen LogP contribution in [0.2, 0.25) is 0 Å². The number of aromatic nitrogens is 2. The van der Waals surface area contributed by atoms with E-state index in [0.717, 1.165) is 16.9 Å². The fourth-order valence-corrected chi connectivity index (χ4v) is 3.61. The van der Waals surface area contributed by atoms with E-state index >= 15 is 0 Å². The molecule has 4 rings (SSSR count). The van der Waals surface area contributed by atoms with Gasteiger partial charge in [-0.1, -0.05) is 18.2 Å². The molecular weight excluding hydrogens is 368 g/mol. The van der Waals surface area contributed by atoms with Crippen molar-refractivity contribution in [3.05, 3.63) is 59.9 Å². The van der Waals surface area contributed by atoms with E-state index in [1.807, 2.05) is 41.3 Å². The number of piperazine rings is 1. The molecule has 150 valence electrons. The summed E-state index contributed by atoms with van der Waals surface area (Å²) < 4.78 is 5.19. The smallest absolute Gasteiger partial charge is 0.254 e. The maximum absolute atomic E-state index is 12.7. The number of para-hydroxylation sites is 2. The molecule has 2 aromatic carbocycles. The number of aryl methyl sites for hydroxylation is 1. The molecule has 1 fully saturated rings. The van der Waals surface area contributed by atoms with Crippen molar-refractivity contribution in [2.75, 3.05) is 33.3 Å². The first kappa shape index (κ1) is 19.0. The third-order valence-corrected chi connectivity index (χ3v) is 5.25. The molecule has 1 aliphatic heterocycles. The zero-order chi connectivity index (χ0) is 20.2. The number of amides is 2. The fraction of sp³-hybridized carbons (Fsp3) is 0.318. The molecule has 2 amide bonds. The van der Waals surface area contributed by atoms with Crippen LogP contribution in [0.15, 0.2) is 48.5 Å². The predicted octanol–water partition coefficient (Wildman–Crippen LogP) is 2.49. The molecule has 1 aliphatic rings. The number of hydrogen-bond acceptors (Lipinski definition) is 4. The average molecular weight is 392 g/mol. The van der Waals surface area contributed by atoms with Gasteiger partial charge in [0.2, 0.25) is 5.91 Å². The molecule has 0 bridgehead atoms. The van der Waals surface area contributed by atoms with Gasteiger partial charge in [-0.05, 0) is 30.3 Å². The van der Waals surface area contributed by atoms with Gasteiger partial charge in [-0.25, -0.2) is 4.98 Å². The third kappa shape index (κ3) is 4.23. The second-order valence-corrected chi connectivity index (χ2v) is 7.11. The molecule has 7 heteroatoms. The van der Waals surface area contributed by atoms with E-state index in [-0.39, 0.29) is 11.8 Å². The number of benzene rings is 2. The van der Waals surface area contributed by atoms with Crippen molar-refractivity contribution in [1.82, 2.24) is 19.8 Å². The average Bonchev–Trinajstić information content (AvgIpc) is 3.20. The molecule has 29 heavy (non-hydrogen) atoms.